The highest BCUT2D eigenvalue weighted by molar-refractivity contribution is 5.80. The fraction of sp³-hybridized carbons (Fsp3) is 0.133. The number of aldehydes is 1. The van der Waals surface area contributed by atoms with Crippen molar-refractivity contribution in [1.29, 1.82) is 0 Å². The zero-order valence-corrected chi connectivity index (χ0v) is 10.3. The van der Waals surface area contributed by atoms with Gasteiger partial charge in [0.25, 0.3) is 0 Å². The van der Waals surface area contributed by atoms with Crippen LogP contribution in [-0.4, -0.2) is 20.5 Å². The van der Waals surface area contributed by atoms with Gasteiger partial charge in [0, 0.05) is 5.56 Å². The van der Waals surface area contributed by atoms with Gasteiger partial charge in [0.05, 0.1) is 19.8 Å². The first-order chi connectivity index (χ1) is 8.80. The zero-order chi connectivity index (χ0) is 13.0. The molecule has 0 N–H and O–H groups in total. The highest BCUT2D eigenvalue weighted by atomic mass is 16.5. The molecule has 0 aliphatic rings. The van der Waals surface area contributed by atoms with Gasteiger partial charge >= 0.3 is 0 Å². The van der Waals surface area contributed by atoms with Gasteiger partial charge in [0.1, 0.15) is 17.8 Å². The van der Waals surface area contributed by atoms with E-state index in [0.29, 0.717) is 5.56 Å². The molecule has 0 fully saturated rings. The van der Waals surface area contributed by atoms with E-state index >= 15 is 0 Å². The number of hydrogen-bond acceptors (Lipinski definition) is 3. The third-order valence-corrected chi connectivity index (χ3v) is 2.76. The molecule has 0 saturated heterocycles. The smallest absolute Gasteiger partial charge is 0.150 e. The largest absolute Gasteiger partial charge is 0.496 e. The molecule has 18 heavy (non-hydrogen) atoms. The van der Waals surface area contributed by atoms with Crippen molar-refractivity contribution in [3.63, 3.8) is 0 Å². The highest BCUT2D eigenvalue weighted by Crippen LogP contribution is 2.37. The van der Waals surface area contributed by atoms with Gasteiger partial charge in [-0.1, -0.05) is 30.3 Å². The van der Waals surface area contributed by atoms with Crippen LogP contribution in [0.15, 0.2) is 42.5 Å². The van der Waals surface area contributed by atoms with Crippen LogP contribution in [0.25, 0.3) is 11.1 Å². The second kappa shape index (κ2) is 5.36. The molecule has 0 saturated carbocycles. The van der Waals surface area contributed by atoms with E-state index < -0.39 is 0 Å². The minimum Gasteiger partial charge on any atom is -0.496 e. The fourth-order valence-corrected chi connectivity index (χ4v) is 1.86. The van der Waals surface area contributed by atoms with Crippen LogP contribution in [0.1, 0.15) is 10.4 Å². The lowest BCUT2D eigenvalue weighted by Gasteiger charge is -2.13. The number of hydrogen-bond donors (Lipinski definition) is 0. The Morgan fingerprint density at radius 3 is 1.89 bits per heavy atom. The van der Waals surface area contributed by atoms with Gasteiger partial charge in [-0.3, -0.25) is 4.79 Å². The molecule has 2 aromatic carbocycles. The van der Waals surface area contributed by atoms with E-state index in [-0.39, 0.29) is 0 Å². The summed E-state index contributed by atoms with van der Waals surface area (Å²) in [4.78, 5) is 10.7. The van der Waals surface area contributed by atoms with Crippen molar-refractivity contribution in [1.82, 2.24) is 0 Å². The maximum Gasteiger partial charge on any atom is 0.150 e. The number of carbonyl (C=O) groups excluding carboxylic acids is 1. The van der Waals surface area contributed by atoms with E-state index in [1.165, 1.54) is 0 Å². The number of methoxy groups -OCH3 is 2. The number of ether oxygens (including phenoxy) is 2. The van der Waals surface area contributed by atoms with Gasteiger partial charge in [-0.2, -0.15) is 0 Å². The Labute approximate surface area is 106 Å². The monoisotopic (exact) mass is 242 g/mol. The predicted molar refractivity (Wildman–Crippen MR) is 70.4 cm³/mol. The molecule has 0 amide bonds. The first-order valence-electron chi connectivity index (χ1n) is 5.56. The van der Waals surface area contributed by atoms with E-state index in [1.54, 1.807) is 26.4 Å². The lowest BCUT2D eigenvalue weighted by molar-refractivity contribution is 0.112. The van der Waals surface area contributed by atoms with Crippen LogP contribution < -0.4 is 9.47 Å². The van der Waals surface area contributed by atoms with Gasteiger partial charge < -0.3 is 9.47 Å². The van der Waals surface area contributed by atoms with Crippen molar-refractivity contribution in [3.05, 3.63) is 48.0 Å². The maximum absolute atomic E-state index is 10.7. The van der Waals surface area contributed by atoms with E-state index in [4.69, 9.17) is 9.47 Å². The van der Waals surface area contributed by atoms with Crippen LogP contribution in [0.5, 0.6) is 11.5 Å². The third kappa shape index (κ3) is 2.20. The van der Waals surface area contributed by atoms with Gasteiger partial charge in [-0.15, -0.1) is 0 Å². The minimum absolute atomic E-state index is 0.646. The van der Waals surface area contributed by atoms with Gasteiger partial charge in [0.15, 0.2) is 0 Å². The summed E-state index contributed by atoms with van der Waals surface area (Å²) in [6.45, 7) is 0. The van der Waals surface area contributed by atoms with Crippen molar-refractivity contribution < 1.29 is 14.3 Å². The van der Waals surface area contributed by atoms with Crippen LogP contribution in [0.2, 0.25) is 0 Å². The minimum atomic E-state index is 0.646. The van der Waals surface area contributed by atoms with E-state index in [1.807, 2.05) is 30.3 Å². The van der Waals surface area contributed by atoms with Crippen LogP contribution in [-0.2, 0) is 0 Å². The Bertz CT molecular complexity index is 522. The van der Waals surface area contributed by atoms with Crippen molar-refractivity contribution in [2.24, 2.45) is 0 Å². The standard InChI is InChI=1S/C15H14O3/c1-17-13-4-3-5-14(18-2)15(13)12-8-6-11(10-16)7-9-12/h3-10H,1-2H3. The van der Waals surface area contributed by atoms with Crippen LogP contribution in [0, 0.1) is 0 Å². The average Bonchev–Trinajstić information content (AvgIpc) is 2.46. The summed E-state index contributed by atoms with van der Waals surface area (Å²) in [5, 5.41) is 0. The van der Waals surface area contributed by atoms with Gasteiger partial charge in [0.2, 0.25) is 0 Å². The molecule has 0 heterocycles. The summed E-state index contributed by atoms with van der Waals surface area (Å²) < 4.78 is 10.7. The molecule has 0 unspecified atom stereocenters. The molecule has 2 aromatic rings. The summed E-state index contributed by atoms with van der Waals surface area (Å²) in [6, 6.07) is 12.9. The first kappa shape index (κ1) is 12.2. The van der Waals surface area contributed by atoms with E-state index in [0.717, 1.165) is 28.9 Å². The van der Waals surface area contributed by atoms with E-state index in [9.17, 15) is 4.79 Å². The number of benzene rings is 2. The Morgan fingerprint density at radius 1 is 0.889 bits per heavy atom. The number of rotatable bonds is 4. The first-order valence-corrected chi connectivity index (χ1v) is 5.56. The van der Waals surface area contributed by atoms with Gasteiger partial charge in [-0.25, -0.2) is 0 Å². The predicted octanol–water partition coefficient (Wildman–Crippen LogP) is 3.18. The second-order valence-corrected chi connectivity index (χ2v) is 3.78. The molecule has 0 spiro atoms. The summed E-state index contributed by atoms with van der Waals surface area (Å²) in [6.07, 6.45) is 0.823. The topological polar surface area (TPSA) is 35.5 Å². The Kier molecular flexibility index (Phi) is 3.63. The summed E-state index contributed by atoms with van der Waals surface area (Å²) in [7, 11) is 3.25. The summed E-state index contributed by atoms with van der Waals surface area (Å²) >= 11 is 0. The molecule has 0 aliphatic carbocycles. The molecule has 0 bridgehead atoms. The van der Waals surface area contributed by atoms with Crippen molar-refractivity contribution in [2.75, 3.05) is 14.2 Å². The normalized spacial score (nSPS) is 9.89. The molecule has 0 aromatic heterocycles. The second-order valence-electron chi connectivity index (χ2n) is 3.78. The molecular formula is C15H14O3. The van der Waals surface area contributed by atoms with E-state index in [2.05, 4.69) is 0 Å². The molecular weight excluding hydrogens is 228 g/mol. The van der Waals surface area contributed by atoms with Crippen molar-refractivity contribution in [3.8, 4) is 22.6 Å². The summed E-state index contributed by atoms with van der Waals surface area (Å²) in [5.74, 6) is 1.49. The fourth-order valence-electron chi connectivity index (χ4n) is 1.86. The molecule has 3 nitrogen and oxygen atoms in total. The number of carbonyl (C=O) groups is 1. The Morgan fingerprint density at radius 2 is 1.44 bits per heavy atom. The quantitative estimate of drug-likeness (QED) is 0.772. The van der Waals surface area contributed by atoms with Crippen LogP contribution in [0.4, 0.5) is 0 Å². The molecule has 92 valence electrons. The molecule has 3 heteroatoms. The van der Waals surface area contributed by atoms with Crippen LogP contribution in [0.3, 0.4) is 0 Å². The van der Waals surface area contributed by atoms with Crippen LogP contribution >= 0.6 is 0 Å². The zero-order valence-electron chi connectivity index (χ0n) is 10.3. The maximum atomic E-state index is 10.7. The SMILES string of the molecule is COc1cccc(OC)c1-c1ccc(C=O)cc1. The average molecular weight is 242 g/mol. The molecule has 0 aliphatic heterocycles. The molecule has 0 radical (unpaired) electrons. The third-order valence-electron chi connectivity index (χ3n) is 2.76. The summed E-state index contributed by atoms with van der Waals surface area (Å²) in [5.41, 5.74) is 2.49. The Hall–Kier alpha value is -2.29. The van der Waals surface area contributed by atoms with Crippen molar-refractivity contribution in [2.45, 2.75) is 0 Å². The lowest BCUT2D eigenvalue weighted by Crippen LogP contribution is -1.93. The molecule has 0 atom stereocenters. The van der Waals surface area contributed by atoms with Gasteiger partial charge in [-0.05, 0) is 17.7 Å². The molecule has 2 rings (SSSR count). The van der Waals surface area contributed by atoms with Crippen molar-refractivity contribution >= 4 is 6.29 Å². The Balaban J connectivity index is 2.56. The highest BCUT2D eigenvalue weighted by Gasteiger charge is 2.11. The lowest BCUT2D eigenvalue weighted by atomic mass is 10.0.